The lowest BCUT2D eigenvalue weighted by Crippen LogP contribution is -2.34. The van der Waals surface area contributed by atoms with Crippen LogP contribution in [0.1, 0.15) is 24.8 Å². The molecule has 0 aromatic heterocycles. The fraction of sp³-hybridized carbons (Fsp3) is 0.625. The van der Waals surface area contributed by atoms with Crippen molar-refractivity contribution in [2.24, 2.45) is 10.8 Å². The predicted octanol–water partition coefficient (Wildman–Crippen LogP) is 3.16. The Balaban J connectivity index is 1.53. The van der Waals surface area contributed by atoms with Crippen molar-refractivity contribution in [2.75, 3.05) is 26.2 Å². The highest BCUT2D eigenvalue weighted by molar-refractivity contribution is 9.10. The van der Waals surface area contributed by atoms with Crippen LogP contribution in [-0.4, -0.2) is 31.1 Å². The van der Waals surface area contributed by atoms with Crippen LogP contribution in [0, 0.1) is 16.6 Å². The van der Waals surface area contributed by atoms with Crippen molar-refractivity contribution in [2.45, 2.75) is 25.8 Å². The van der Waals surface area contributed by atoms with E-state index in [1.54, 1.807) is 6.07 Å². The summed E-state index contributed by atoms with van der Waals surface area (Å²) in [5.41, 5.74) is 2.24. The number of benzene rings is 1. The van der Waals surface area contributed by atoms with Gasteiger partial charge in [-0.05, 0) is 46.5 Å². The third-order valence-electron chi connectivity index (χ3n) is 5.81. The molecule has 2 heterocycles. The van der Waals surface area contributed by atoms with Crippen molar-refractivity contribution >= 4 is 15.9 Å². The molecule has 108 valence electrons. The van der Waals surface area contributed by atoms with E-state index in [4.69, 9.17) is 0 Å². The molecular formula is C16H20BrFN2. The van der Waals surface area contributed by atoms with Gasteiger partial charge in [-0.25, -0.2) is 4.39 Å². The molecule has 2 unspecified atom stereocenters. The molecule has 0 amide bonds. The maximum absolute atomic E-state index is 13.3. The summed E-state index contributed by atoms with van der Waals surface area (Å²) in [4.78, 5) is 2.58. The van der Waals surface area contributed by atoms with Gasteiger partial charge in [-0.3, -0.25) is 4.90 Å². The molecule has 1 saturated carbocycles. The van der Waals surface area contributed by atoms with Crippen LogP contribution in [0.3, 0.4) is 0 Å². The Morgan fingerprint density at radius 3 is 2.55 bits per heavy atom. The highest BCUT2D eigenvalue weighted by Crippen LogP contribution is 2.59. The van der Waals surface area contributed by atoms with E-state index >= 15 is 0 Å². The molecule has 2 aliphatic heterocycles. The average Bonchev–Trinajstić information content (AvgIpc) is 2.94. The van der Waals surface area contributed by atoms with E-state index in [1.807, 2.05) is 12.1 Å². The quantitative estimate of drug-likeness (QED) is 0.890. The van der Waals surface area contributed by atoms with Gasteiger partial charge in [0.2, 0.25) is 0 Å². The Labute approximate surface area is 127 Å². The normalized spacial score (nSPS) is 36.3. The number of rotatable bonds is 2. The molecule has 1 aliphatic carbocycles. The maximum Gasteiger partial charge on any atom is 0.137 e. The van der Waals surface area contributed by atoms with Crippen molar-refractivity contribution < 1.29 is 4.39 Å². The number of nitrogens with one attached hydrogen (secondary N) is 1. The van der Waals surface area contributed by atoms with Crippen LogP contribution < -0.4 is 5.32 Å². The first-order valence-electron chi connectivity index (χ1n) is 7.50. The highest BCUT2D eigenvalue weighted by atomic mass is 79.9. The number of nitrogens with zero attached hydrogens (tertiary/aromatic N) is 1. The molecule has 1 aromatic rings. The summed E-state index contributed by atoms with van der Waals surface area (Å²) in [6, 6.07) is 5.40. The molecule has 1 aromatic carbocycles. The molecule has 2 saturated heterocycles. The molecule has 2 atom stereocenters. The first kappa shape index (κ1) is 13.2. The van der Waals surface area contributed by atoms with Crippen LogP contribution in [0.5, 0.6) is 0 Å². The molecule has 2 nitrogen and oxygen atoms in total. The zero-order valence-corrected chi connectivity index (χ0v) is 13.2. The van der Waals surface area contributed by atoms with Gasteiger partial charge in [0, 0.05) is 43.6 Å². The van der Waals surface area contributed by atoms with Gasteiger partial charge in [0.05, 0.1) is 4.47 Å². The Hall–Kier alpha value is -0.450. The van der Waals surface area contributed by atoms with Gasteiger partial charge in [-0.2, -0.15) is 0 Å². The summed E-state index contributed by atoms with van der Waals surface area (Å²) in [7, 11) is 0. The lowest BCUT2D eigenvalue weighted by molar-refractivity contribution is 0.212. The third kappa shape index (κ3) is 1.81. The largest absolute Gasteiger partial charge is 0.315 e. The summed E-state index contributed by atoms with van der Waals surface area (Å²) >= 11 is 3.29. The van der Waals surface area contributed by atoms with Crippen molar-refractivity contribution in [3.8, 4) is 0 Å². The van der Waals surface area contributed by atoms with Crippen LogP contribution in [-0.2, 0) is 6.54 Å². The molecule has 1 N–H and O–H groups in total. The molecule has 3 fully saturated rings. The molecular weight excluding hydrogens is 319 g/mol. The van der Waals surface area contributed by atoms with E-state index in [0.717, 1.165) is 6.54 Å². The van der Waals surface area contributed by atoms with E-state index in [-0.39, 0.29) is 5.82 Å². The Bertz CT molecular complexity index is 515. The van der Waals surface area contributed by atoms with E-state index < -0.39 is 0 Å². The minimum Gasteiger partial charge on any atom is -0.315 e. The Morgan fingerprint density at radius 1 is 1.20 bits per heavy atom. The average molecular weight is 339 g/mol. The van der Waals surface area contributed by atoms with Gasteiger partial charge in [-0.15, -0.1) is 0 Å². The minimum atomic E-state index is -0.176. The zero-order chi connectivity index (χ0) is 13.8. The monoisotopic (exact) mass is 338 g/mol. The molecule has 4 heteroatoms. The third-order valence-corrected chi connectivity index (χ3v) is 6.41. The van der Waals surface area contributed by atoms with E-state index in [2.05, 4.69) is 26.1 Å². The summed E-state index contributed by atoms with van der Waals surface area (Å²) in [6.07, 6.45) is 4.16. The van der Waals surface area contributed by atoms with Crippen LogP contribution in [0.2, 0.25) is 0 Å². The number of halogens is 2. The lowest BCUT2D eigenvalue weighted by atomic mass is 9.71. The molecule has 20 heavy (non-hydrogen) atoms. The fourth-order valence-corrected chi connectivity index (χ4v) is 5.34. The molecule has 3 aliphatic rings. The summed E-state index contributed by atoms with van der Waals surface area (Å²) < 4.78 is 13.9. The van der Waals surface area contributed by atoms with Crippen molar-refractivity contribution in [3.63, 3.8) is 0 Å². The summed E-state index contributed by atoms with van der Waals surface area (Å²) in [5, 5.41) is 3.63. The first-order chi connectivity index (χ1) is 9.63. The molecule has 4 rings (SSSR count). The van der Waals surface area contributed by atoms with E-state index in [0.29, 0.717) is 15.3 Å². The van der Waals surface area contributed by atoms with Crippen molar-refractivity contribution in [1.29, 1.82) is 0 Å². The summed E-state index contributed by atoms with van der Waals surface area (Å²) in [6.45, 7) is 5.74. The number of hydrogen-bond acceptors (Lipinski definition) is 2. The Morgan fingerprint density at radius 2 is 1.90 bits per heavy atom. The van der Waals surface area contributed by atoms with Gasteiger partial charge in [0.25, 0.3) is 0 Å². The van der Waals surface area contributed by atoms with Crippen LogP contribution >= 0.6 is 15.9 Å². The molecule has 0 spiro atoms. The minimum absolute atomic E-state index is 0.176. The fourth-order valence-electron chi connectivity index (χ4n) is 4.91. The second-order valence-corrected chi connectivity index (χ2v) is 7.77. The molecule has 0 radical (unpaired) electrons. The van der Waals surface area contributed by atoms with E-state index in [1.165, 1.54) is 51.0 Å². The van der Waals surface area contributed by atoms with Gasteiger partial charge < -0.3 is 5.32 Å². The highest BCUT2D eigenvalue weighted by Gasteiger charge is 2.62. The maximum atomic E-state index is 13.3. The van der Waals surface area contributed by atoms with Gasteiger partial charge in [-0.1, -0.05) is 12.5 Å². The first-order valence-corrected chi connectivity index (χ1v) is 8.29. The summed E-state index contributed by atoms with van der Waals surface area (Å²) in [5.74, 6) is -0.176. The topological polar surface area (TPSA) is 15.3 Å². The zero-order valence-electron chi connectivity index (χ0n) is 11.6. The van der Waals surface area contributed by atoms with Crippen LogP contribution in [0.15, 0.2) is 22.7 Å². The number of likely N-dealkylation sites (tertiary alicyclic amines) is 1. The number of hydrogen-bond donors (Lipinski definition) is 1. The second kappa shape index (κ2) is 4.52. The second-order valence-electron chi connectivity index (χ2n) is 6.91. The smallest absolute Gasteiger partial charge is 0.137 e. The SMILES string of the molecule is Fc1ccc(CN2CC34CCCC3(CNC4)C2)cc1Br. The Kier molecular flexibility index (Phi) is 2.99. The van der Waals surface area contributed by atoms with Gasteiger partial charge in [0.15, 0.2) is 0 Å². The van der Waals surface area contributed by atoms with E-state index in [9.17, 15) is 4.39 Å². The standard InChI is InChI=1S/C16H20BrFN2/c17-13-6-12(2-3-14(13)18)7-20-10-15-4-1-5-16(15,11-20)9-19-8-15/h2-3,6,19H,1,4-5,7-11H2. The van der Waals surface area contributed by atoms with Gasteiger partial charge >= 0.3 is 0 Å². The predicted molar refractivity (Wildman–Crippen MR) is 81.0 cm³/mol. The lowest BCUT2D eigenvalue weighted by Gasteiger charge is -2.30. The van der Waals surface area contributed by atoms with Crippen molar-refractivity contribution in [3.05, 3.63) is 34.1 Å². The molecule has 0 bridgehead atoms. The van der Waals surface area contributed by atoms with Crippen LogP contribution in [0.4, 0.5) is 4.39 Å². The van der Waals surface area contributed by atoms with Crippen LogP contribution in [0.25, 0.3) is 0 Å². The van der Waals surface area contributed by atoms with Gasteiger partial charge in [0.1, 0.15) is 5.82 Å². The van der Waals surface area contributed by atoms with Crippen molar-refractivity contribution in [1.82, 2.24) is 10.2 Å².